The first-order valence-corrected chi connectivity index (χ1v) is 10.4. The number of carbonyl (C=O) groups is 1. The number of amides is 1. The van der Waals surface area contributed by atoms with Crippen molar-refractivity contribution in [1.82, 2.24) is 0 Å². The molecular formula is C21H25FN4O3S. The quantitative estimate of drug-likeness (QED) is 0.457. The Labute approximate surface area is 179 Å². The van der Waals surface area contributed by atoms with Crippen molar-refractivity contribution in [2.75, 3.05) is 37.1 Å². The minimum Gasteiger partial charge on any atom is -0.491 e. The van der Waals surface area contributed by atoms with E-state index >= 15 is 0 Å². The van der Waals surface area contributed by atoms with Crippen LogP contribution in [0, 0.1) is 5.82 Å². The molecule has 0 saturated carbocycles. The van der Waals surface area contributed by atoms with Crippen molar-refractivity contribution in [2.24, 2.45) is 10.7 Å². The van der Waals surface area contributed by atoms with Gasteiger partial charge in [0.1, 0.15) is 18.2 Å². The number of nitrogen functional groups attached to an aromatic ring is 1. The lowest BCUT2D eigenvalue weighted by atomic mass is 9.89. The number of thioether (sulfide) groups is 1. The molecule has 2 aromatic carbocycles. The van der Waals surface area contributed by atoms with Gasteiger partial charge in [-0.1, -0.05) is 11.8 Å². The zero-order valence-electron chi connectivity index (χ0n) is 16.9. The minimum absolute atomic E-state index is 0.276. The van der Waals surface area contributed by atoms with Crippen LogP contribution in [0.4, 0.5) is 15.8 Å². The number of ether oxygens (including phenoxy) is 2. The molecule has 1 atom stereocenters. The highest BCUT2D eigenvalue weighted by atomic mass is 32.2. The van der Waals surface area contributed by atoms with Crippen molar-refractivity contribution in [3.05, 3.63) is 53.3 Å². The number of methoxy groups -OCH3 is 1. The molecule has 1 amide bonds. The van der Waals surface area contributed by atoms with E-state index in [1.54, 1.807) is 31.4 Å². The van der Waals surface area contributed by atoms with Gasteiger partial charge in [0.05, 0.1) is 17.7 Å². The molecule has 160 valence electrons. The van der Waals surface area contributed by atoms with E-state index in [2.05, 4.69) is 10.3 Å². The number of rotatable bonds is 7. The summed E-state index contributed by atoms with van der Waals surface area (Å²) in [6.45, 7) is 2.66. The van der Waals surface area contributed by atoms with Crippen LogP contribution in [0.5, 0.6) is 5.75 Å². The highest BCUT2D eigenvalue weighted by Crippen LogP contribution is 2.37. The van der Waals surface area contributed by atoms with Crippen LogP contribution >= 0.6 is 11.8 Å². The van der Waals surface area contributed by atoms with Crippen LogP contribution in [-0.4, -0.2) is 37.2 Å². The van der Waals surface area contributed by atoms with Gasteiger partial charge in [-0.15, -0.1) is 0 Å². The first kappa shape index (κ1) is 21.9. The van der Waals surface area contributed by atoms with E-state index in [9.17, 15) is 9.18 Å². The molecule has 1 heterocycles. The van der Waals surface area contributed by atoms with E-state index in [-0.39, 0.29) is 5.69 Å². The number of hydrogen-bond acceptors (Lipinski definition) is 7. The smallest absolute Gasteiger partial charge is 0.257 e. The maximum atomic E-state index is 14.6. The van der Waals surface area contributed by atoms with Crippen LogP contribution in [-0.2, 0) is 10.3 Å². The predicted octanol–water partition coefficient (Wildman–Crippen LogP) is 3.35. The molecule has 0 aliphatic carbocycles. The molecule has 30 heavy (non-hydrogen) atoms. The van der Waals surface area contributed by atoms with Gasteiger partial charge >= 0.3 is 0 Å². The van der Waals surface area contributed by atoms with Gasteiger partial charge in [-0.3, -0.25) is 9.79 Å². The Balaban J connectivity index is 1.78. The van der Waals surface area contributed by atoms with Crippen LogP contribution in [0.1, 0.15) is 29.3 Å². The van der Waals surface area contributed by atoms with Crippen molar-refractivity contribution in [1.29, 1.82) is 0 Å². The average molecular weight is 433 g/mol. The van der Waals surface area contributed by atoms with Gasteiger partial charge in [0.15, 0.2) is 5.17 Å². The summed E-state index contributed by atoms with van der Waals surface area (Å²) >= 11 is 1.45. The predicted molar refractivity (Wildman–Crippen MR) is 119 cm³/mol. The lowest BCUT2D eigenvalue weighted by molar-refractivity contribution is 0.102. The number of halogens is 1. The largest absolute Gasteiger partial charge is 0.491 e. The molecule has 0 spiro atoms. The Kier molecular flexibility index (Phi) is 6.84. The van der Waals surface area contributed by atoms with Gasteiger partial charge in [0.2, 0.25) is 0 Å². The number of nitrogens with two attached hydrogens (primary N) is 2. The fourth-order valence-electron chi connectivity index (χ4n) is 3.18. The van der Waals surface area contributed by atoms with Gasteiger partial charge in [0.25, 0.3) is 5.91 Å². The fourth-order valence-corrected chi connectivity index (χ4v) is 4.15. The van der Waals surface area contributed by atoms with E-state index in [1.165, 1.54) is 23.9 Å². The molecule has 5 N–H and O–H groups in total. The van der Waals surface area contributed by atoms with Crippen molar-refractivity contribution < 1.29 is 18.7 Å². The molecular weight excluding hydrogens is 407 g/mol. The van der Waals surface area contributed by atoms with E-state index in [4.69, 9.17) is 20.9 Å². The number of amidine groups is 1. The molecule has 3 rings (SSSR count). The molecule has 2 aromatic rings. The molecule has 0 saturated heterocycles. The Bertz CT molecular complexity index is 969. The average Bonchev–Trinajstić information content (AvgIpc) is 2.69. The Hall–Kier alpha value is -2.78. The van der Waals surface area contributed by atoms with E-state index in [0.29, 0.717) is 47.4 Å². The molecule has 0 bridgehead atoms. The molecule has 1 aliphatic rings. The molecule has 7 nitrogen and oxygen atoms in total. The maximum absolute atomic E-state index is 14.6. The van der Waals surface area contributed by atoms with Crippen molar-refractivity contribution in [3.8, 4) is 5.75 Å². The Morgan fingerprint density at radius 1 is 1.27 bits per heavy atom. The molecule has 9 heteroatoms. The van der Waals surface area contributed by atoms with Gasteiger partial charge in [-0.2, -0.15) is 0 Å². The number of carbonyl (C=O) groups excluding carboxylic acids is 1. The van der Waals surface area contributed by atoms with Gasteiger partial charge in [-0.05, 0) is 43.7 Å². The number of nitrogens with one attached hydrogen (secondary N) is 1. The third-order valence-electron chi connectivity index (χ3n) is 4.82. The number of nitrogens with zero attached hydrogens (tertiary/aromatic N) is 1. The fraction of sp³-hybridized carbons (Fsp3) is 0.333. The second-order valence-electron chi connectivity index (χ2n) is 7.06. The summed E-state index contributed by atoms with van der Waals surface area (Å²) in [6, 6.07) is 9.25. The van der Waals surface area contributed by atoms with Crippen LogP contribution in [0.3, 0.4) is 0 Å². The summed E-state index contributed by atoms with van der Waals surface area (Å²) in [4.78, 5) is 17.2. The maximum Gasteiger partial charge on any atom is 0.257 e. The monoisotopic (exact) mass is 432 g/mol. The third-order valence-corrected chi connectivity index (χ3v) is 5.62. The second-order valence-corrected chi connectivity index (χ2v) is 8.18. The van der Waals surface area contributed by atoms with Crippen LogP contribution in [0.15, 0.2) is 41.4 Å². The van der Waals surface area contributed by atoms with Gasteiger partial charge < -0.3 is 26.3 Å². The van der Waals surface area contributed by atoms with Crippen molar-refractivity contribution >= 4 is 34.2 Å². The first-order chi connectivity index (χ1) is 14.3. The SMILES string of the molecule is COCCOc1ccc(C(=O)Nc2ccc(F)c([C@]3(C)CCSC(N)=N3)c2)c(N)c1. The van der Waals surface area contributed by atoms with Crippen LogP contribution < -0.4 is 21.5 Å². The lowest BCUT2D eigenvalue weighted by Crippen LogP contribution is -2.29. The molecule has 1 aliphatic heterocycles. The summed E-state index contributed by atoms with van der Waals surface area (Å²) in [7, 11) is 1.58. The zero-order valence-corrected chi connectivity index (χ0v) is 17.7. The minimum atomic E-state index is -0.777. The van der Waals surface area contributed by atoms with E-state index in [0.717, 1.165) is 5.75 Å². The highest BCUT2D eigenvalue weighted by Gasteiger charge is 2.32. The van der Waals surface area contributed by atoms with Crippen LogP contribution in [0.2, 0.25) is 0 Å². The second kappa shape index (κ2) is 9.36. The van der Waals surface area contributed by atoms with Gasteiger partial charge in [-0.25, -0.2) is 4.39 Å². The Morgan fingerprint density at radius 2 is 2.07 bits per heavy atom. The summed E-state index contributed by atoms with van der Waals surface area (Å²) in [5, 5.41) is 3.20. The topological polar surface area (TPSA) is 112 Å². The third kappa shape index (κ3) is 5.03. The summed E-state index contributed by atoms with van der Waals surface area (Å²) in [5.74, 6) is 0.498. The standard InChI is InChI=1S/C21H25FN4O3S/c1-21(7-10-30-20(24)26-21)16-11-13(3-6-17(16)22)25-19(27)15-5-4-14(12-18(15)23)29-9-8-28-2/h3-6,11-12H,7-10,23H2,1-2H3,(H2,24,26)(H,25,27)/t21-/m0/s1. The summed E-state index contributed by atoms with van der Waals surface area (Å²) < 4.78 is 25.0. The number of anilines is 2. The summed E-state index contributed by atoms with van der Waals surface area (Å²) in [6.07, 6.45) is 0.643. The number of aliphatic imine (C=N–C) groups is 1. The molecule has 0 aromatic heterocycles. The van der Waals surface area contributed by atoms with E-state index < -0.39 is 17.3 Å². The van der Waals surface area contributed by atoms with Crippen molar-refractivity contribution in [3.63, 3.8) is 0 Å². The molecule has 0 unspecified atom stereocenters. The molecule has 0 fully saturated rings. The number of hydrogen-bond donors (Lipinski definition) is 3. The van der Waals surface area contributed by atoms with Crippen molar-refractivity contribution in [2.45, 2.75) is 18.9 Å². The highest BCUT2D eigenvalue weighted by molar-refractivity contribution is 8.13. The number of benzene rings is 2. The molecule has 0 radical (unpaired) electrons. The lowest BCUT2D eigenvalue weighted by Gasteiger charge is -2.30. The zero-order chi connectivity index (χ0) is 21.7. The Morgan fingerprint density at radius 3 is 2.77 bits per heavy atom. The van der Waals surface area contributed by atoms with E-state index in [1.807, 2.05) is 6.92 Å². The first-order valence-electron chi connectivity index (χ1n) is 9.43. The normalized spacial score (nSPS) is 18.6. The van der Waals surface area contributed by atoms with Gasteiger partial charge in [0, 0.05) is 35.9 Å². The van der Waals surface area contributed by atoms with Crippen LogP contribution in [0.25, 0.3) is 0 Å². The summed E-state index contributed by atoms with van der Waals surface area (Å²) in [5.41, 5.74) is 12.5.